The summed E-state index contributed by atoms with van der Waals surface area (Å²) < 4.78 is 26.7. The molecule has 0 bridgehead atoms. The zero-order valence-electron chi connectivity index (χ0n) is 11.6. The molecule has 1 fully saturated rings. The number of alkyl halides is 2. The van der Waals surface area contributed by atoms with E-state index in [1.165, 1.54) is 11.3 Å². The number of aryl methyl sites for hydroxylation is 1. The van der Waals surface area contributed by atoms with Gasteiger partial charge in [0.05, 0.1) is 0 Å². The lowest BCUT2D eigenvalue weighted by molar-refractivity contribution is -0.0532. The average Bonchev–Trinajstić information content (AvgIpc) is 2.86. The van der Waals surface area contributed by atoms with Gasteiger partial charge in [0.15, 0.2) is 6.17 Å². The van der Waals surface area contributed by atoms with Crippen LogP contribution >= 0.6 is 22.9 Å². The van der Waals surface area contributed by atoms with Gasteiger partial charge in [0.25, 0.3) is 0 Å². The lowest BCUT2D eigenvalue weighted by Gasteiger charge is -2.41. The number of thiazole rings is 1. The molecule has 2 aliphatic rings. The SMILES string of the molecule is Cc1csc(C2N=CC=C(Cl)N2C2CCC(F)(F)CC2)n1. The first-order chi connectivity index (χ1) is 9.96. The normalized spacial score (nSPS) is 26.0. The molecule has 0 spiro atoms. The van der Waals surface area contributed by atoms with E-state index in [1.54, 1.807) is 12.3 Å². The van der Waals surface area contributed by atoms with Gasteiger partial charge in [0.1, 0.15) is 10.2 Å². The summed E-state index contributed by atoms with van der Waals surface area (Å²) in [5, 5.41) is 3.37. The molecule has 7 heteroatoms. The van der Waals surface area contributed by atoms with Gasteiger partial charge < -0.3 is 4.90 Å². The van der Waals surface area contributed by atoms with E-state index in [-0.39, 0.29) is 25.0 Å². The van der Waals surface area contributed by atoms with Crippen molar-refractivity contribution in [2.45, 2.75) is 50.7 Å². The van der Waals surface area contributed by atoms with E-state index in [1.807, 2.05) is 17.2 Å². The van der Waals surface area contributed by atoms with Gasteiger partial charge in [-0.3, -0.25) is 4.99 Å². The highest BCUT2D eigenvalue weighted by Crippen LogP contribution is 2.41. The largest absolute Gasteiger partial charge is 0.332 e. The second kappa shape index (κ2) is 5.65. The zero-order chi connectivity index (χ0) is 15.0. The van der Waals surface area contributed by atoms with E-state index in [0.29, 0.717) is 18.0 Å². The van der Waals surface area contributed by atoms with E-state index < -0.39 is 5.92 Å². The molecule has 3 rings (SSSR count). The minimum atomic E-state index is -2.54. The summed E-state index contributed by atoms with van der Waals surface area (Å²) in [6.07, 6.45) is 3.75. The van der Waals surface area contributed by atoms with E-state index in [4.69, 9.17) is 11.6 Å². The first-order valence-electron chi connectivity index (χ1n) is 6.93. The van der Waals surface area contributed by atoms with Crippen molar-refractivity contribution in [1.29, 1.82) is 0 Å². The van der Waals surface area contributed by atoms with Crippen LogP contribution in [0.5, 0.6) is 0 Å². The van der Waals surface area contributed by atoms with Gasteiger partial charge in [0, 0.05) is 36.2 Å². The van der Waals surface area contributed by atoms with Gasteiger partial charge >= 0.3 is 0 Å². The monoisotopic (exact) mass is 331 g/mol. The zero-order valence-corrected chi connectivity index (χ0v) is 13.2. The molecule has 1 aromatic rings. The number of nitrogens with zero attached hydrogens (tertiary/aromatic N) is 3. The molecule has 0 N–H and O–H groups in total. The lowest BCUT2D eigenvalue weighted by atomic mass is 9.91. The van der Waals surface area contributed by atoms with Crippen LogP contribution < -0.4 is 0 Å². The van der Waals surface area contributed by atoms with Gasteiger partial charge in [-0.15, -0.1) is 11.3 Å². The lowest BCUT2D eigenvalue weighted by Crippen LogP contribution is -2.41. The quantitative estimate of drug-likeness (QED) is 0.747. The van der Waals surface area contributed by atoms with Crippen LogP contribution in [0.3, 0.4) is 0 Å². The molecule has 0 aromatic carbocycles. The Hall–Kier alpha value is -1.01. The number of allylic oxidation sites excluding steroid dienone is 1. The maximum absolute atomic E-state index is 13.4. The molecular weight excluding hydrogens is 316 g/mol. The van der Waals surface area contributed by atoms with E-state index in [2.05, 4.69) is 9.98 Å². The van der Waals surface area contributed by atoms with Gasteiger partial charge in [0.2, 0.25) is 5.92 Å². The summed E-state index contributed by atoms with van der Waals surface area (Å²) in [5.74, 6) is -2.54. The fourth-order valence-corrected chi connectivity index (χ4v) is 3.94. The number of aromatic nitrogens is 1. The van der Waals surface area contributed by atoms with Crippen molar-refractivity contribution in [3.8, 4) is 0 Å². The van der Waals surface area contributed by atoms with Gasteiger partial charge in [-0.2, -0.15) is 0 Å². The van der Waals surface area contributed by atoms with E-state index in [0.717, 1.165) is 10.7 Å². The standard InChI is InChI=1S/C14H16ClF2N3S/c1-9-8-21-13(19-9)12-18-7-4-11(15)20(12)10-2-5-14(16,17)6-3-10/h4,7-8,10,12H,2-3,5-6H2,1H3. The predicted molar refractivity (Wildman–Crippen MR) is 81.1 cm³/mol. The van der Waals surface area contributed by atoms with E-state index in [9.17, 15) is 8.78 Å². The number of hydrogen-bond donors (Lipinski definition) is 0. The summed E-state index contributed by atoms with van der Waals surface area (Å²) in [7, 11) is 0. The number of halogens is 3. The van der Waals surface area contributed by atoms with Crippen molar-refractivity contribution < 1.29 is 8.78 Å². The van der Waals surface area contributed by atoms with Crippen LogP contribution in [0.2, 0.25) is 0 Å². The van der Waals surface area contributed by atoms with Crippen LogP contribution in [0, 0.1) is 6.92 Å². The number of hydrogen-bond acceptors (Lipinski definition) is 4. The van der Waals surface area contributed by atoms with Crippen LogP contribution in [0.25, 0.3) is 0 Å². The molecule has 1 saturated carbocycles. The van der Waals surface area contributed by atoms with Crippen molar-refractivity contribution in [3.05, 3.63) is 27.3 Å². The minimum Gasteiger partial charge on any atom is -0.332 e. The maximum Gasteiger partial charge on any atom is 0.248 e. The molecule has 21 heavy (non-hydrogen) atoms. The summed E-state index contributed by atoms with van der Waals surface area (Å²) in [4.78, 5) is 10.9. The second-order valence-electron chi connectivity index (χ2n) is 5.48. The third-order valence-electron chi connectivity index (χ3n) is 3.89. The van der Waals surface area contributed by atoms with Gasteiger partial charge in [-0.25, -0.2) is 13.8 Å². The Kier molecular flexibility index (Phi) is 4.01. The van der Waals surface area contributed by atoms with Crippen LogP contribution in [-0.2, 0) is 0 Å². The third kappa shape index (κ3) is 3.11. The maximum atomic E-state index is 13.4. The molecule has 1 atom stereocenters. The summed E-state index contributed by atoms with van der Waals surface area (Å²) >= 11 is 7.85. The van der Waals surface area contributed by atoms with E-state index >= 15 is 0 Å². The topological polar surface area (TPSA) is 28.5 Å². The first kappa shape index (κ1) is 14.9. The molecule has 1 aliphatic heterocycles. The Labute approximate surface area is 131 Å². The molecule has 0 radical (unpaired) electrons. The van der Waals surface area contributed by atoms with Crippen LogP contribution in [0.4, 0.5) is 8.78 Å². The fourth-order valence-electron chi connectivity index (χ4n) is 2.81. The molecular formula is C14H16ClF2N3S. The minimum absolute atomic E-state index is 0.0139. The van der Waals surface area contributed by atoms with Gasteiger partial charge in [-0.1, -0.05) is 11.6 Å². The van der Waals surface area contributed by atoms with Crippen molar-refractivity contribution in [3.63, 3.8) is 0 Å². The highest BCUT2D eigenvalue weighted by atomic mass is 35.5. The Morgan fingerprint density at radius 3 is 2.71 bits per heavy atom. The Morgan fingerprint density at radius 1 is 1.38 bits per heavy atom. The van der Waals surface area contributed by atoms with Crippen molar-refractivity contribution in [2.24, 2.45) is 4.99 Å². The smallest absolute Gasteiger partial charge is 0.248 e. The molecule has 114 valence electrons. The molecule has 1 aliphatic carbocycles. The van der Waals surface area contributed by atoms with Crippen molar-refractivity contribution in [1.82, 2.24) is 9.88 Å². The van der Waals surface area contributed by atoms with Crippen molar-refractivity contribution >= 4 is 29.2 Å². The Morgan fingerprint density at radius 2 is 2.10 bits per heavy atom. The summed E-state index contributed by atoms with van der Waals surface area (Å²) in [5.41, 5.74) is 0.936. The summed E-state index contributed by atoms with van der Waals surface area (Å²) in [6, 6.07) is -0.0139. The second-order valence-corrected chi connectivity index (χ2v) is 6.76. The fraction of sp³-hybridized carbons (Fsp3) is 0.571. The first-order valence-corrected chi connectivity index (χ1v) is 8.19. The Bertz CT molecular complexity index is 575. The van der Waals surface area contributed by atoms with Crippen LogP contribution in [-0.4, -0.2) is 28.1 Å². The third-order valence-corrected chi connectivity index (χ3v) is 5.21. The molecule has 3 nitrogen and oxygen atoms in total. The highest BCUT2D eigenvalue weighted by Gasteiger charge is 2.40. The molecule has 2 heterocycles. The Balaban J connectivity index is 1.83. The average molecular weight is 332 g/mol. The molecule has 1 unspecified atom stereocenters. The molecule has 0 saturated heterocycles. The molecule has 1 aromatic heterocycles. The number of rotatable bonds is 2. The highest BCUT2D eigenvalue weighted by molar-refractivity contribution is 7.09. The molecule has 0 amide bonds. The van der Waals surface area contributed by atoms with Crippen LogP contribution in [0.1, 0.15) is 42.6 Å². The number of aliphatic imine (C=N–C) groups is 1. The van der Waals surface area contributed by atoms with Crippen molar-refractivity contribution in [2.75, 3.05) is 0 Å². The predicted octanol–water partition coefficient (Wildman–Crippen LogP) is 4.49. The van der Waals surface area contributed by atoms with Gasteiger partial charge in [-0.05, 0) is 25.8 Å². The summed E-state index contributed by atoms with van der Waals surface area (Å²) in [6.45, 7) is 1.93. The van der Waals surface area contributed by atoms with Crippen LogP contribution in [0.15, 0.2) is 21.6 Å².